The summed E-state index contributed by atoms with van der Waals surface area (Å²) in [7, 11) is 0. The van der Waals surface area contributed by atoms with Gasteiger partial charge in [0.1, 0.15) is 0 Å². The van der Waals surface area contributed by atoms with E-state index >= 15 is 0 Å². The third-order valence-corrected chi connectivity index (χ3v) is 4.16. The van der Waals surface area contributed by atoms with Crippen molar-refractivity contribution in [3.05, 3.63) is 0 Å². The van der Waals surface area contributed by atoms with Crippen LogP contribution in [0.25, 0.3) is 0 Å². The molecule has 0 aromatic rings. The van der Waals surface area contributed by atoms with Crippen molar-refractivity contribution >= 4 is 11.8 Å². The molecule has 1 saturated carbocycles. The van der Waals surface area contributed by atoms with Gasteiger partial charge in [0, 0.05) is 18.3 Å². The van der Waals surface area contributed by atoms with Crippen LogP contribution >= 0.6 is 11.8 Å². The molecule has 2 N–H and O–H groups in total. The summed E-state index contributed by atoms with van der Waals surface area (Å²) in [5, 5.41) is 0. The molecule has 2 atom stereocenters. The molecule has 0 aromatic heterocycles. The van der Waals surface area contributed by atoms with Crippen LogP contribution in [0.1, 0.15) is 26.2 Å². The molecule has 102 valence electrons. The Balaban J connectivity index is 2.37. The number of thioether (sulfide) groups is 1. The summed E-state index contributed by atoms with van der Waals surface area (Å²) in [6, 6.07) is 0.388. The average molecular weight is 270 g/mol. The van der Waals surface area contributed by atoms with E-state index in [0.717, 1.165) is 25.8 Å². The Morgan fingerprint density at radius 1 is 1.35 bits per heavy atom. The zero-order valence-electron chi connectivity index (χ0n) is 10.2. The van der Waals surface area contributed by atoms with E-state index in [1.54, 1.807) is 0 Å². The lowest BCUT2D eigenvalue weighted by atomic mass is 10.0. The van der Waals surface area contributed by atoms with Crippen LogP contribution < -0.4 is 5.73 Å². The van der Waals surface area contributed by atoms with Crippen LogP contribution in [0.3, 0.4) is 0 Å². The Kier molecular flexibility index (Phi) is 6.09. The van der Waals surface area contributed by atoms with E-state index in [4.69, 9.17) is 5.73 Å². The molecule has 2 unspecified atom stereocenters. The van der Waals surface area contributed by atoms with Gasteiger partial charge >= 0.3 is 5.51 Å². The largest absolute Gasteiger partial charge is 0.441 e. The van der Waals surface area contributed by atoms with Crippen molar-refractivity contribution in [3.8, 4) is 0 Å². The number of rotatable bonds is 6. The molecule has 0 spiro atoms. The summed E-state index contributed by atoms with van der Waals surface area (Å²) >= 11 is 0.0720. The van der Waals surface area contributed by atoms with Gasteiger partial charge in [-0.15, -0.1) is 0 Å². The summed E-state index contributed by atoms with van der Waals surface area (Å²) in [6.07, 6.45) is 3.34. The van der Waals surface area contributed by atoms with Gasteiger partial charge in [-0.25, -0.2) is 0 Å². The number of alkyl halides is 3. The van der Waals surface area contributed by atoms with Gasteiger partial charge < -0.3 is 5.73 Å². The molecule has 0 radical (unpaired) electrons. The van der Waals surface area contributed by atoms with Crippen LogP contribution in [0.4, 0.5) is 13.2 Å². The second-order valence-corrected chi connectivity index (χ2v) is 5.58. The first-order valence-corrected chi connectivity index (χ1v) is 7.11. The summed E-state index contributed by atoms with van der Waals surface area (Å²) in [5.74, 6) is 0.580. The van der Waals surface area contributed by atoms with E-state index in [1.165, 1.54) is 0 Å². The van der Waals surface area contributed by atoms with Gasteiger partial charge in [-0.3, -0.25) is 4.90 Å². The molecule has 6 heteroatoms. The van der Waals surface area contributed by atoms with E-state index in [0.29, 0.717) is 25.0 Å². The Hall–Kier alpha value is 0.0600. The molecule has 1 fully saturated rings. The topological polar surface area (TPSA) is 29.3 Å². The maximum atomic E-state index is 12.1. The lowest BCUT2D eigenvalue weighted by Gasteiger charge is -2.31. The normalized spacial score (nSPS) is 25.8. The summed E-state index contributed by atoms with van der Waals surface area (Å²) in [4.78, 5) is 2.16. The molecule has 0 amide bonds. The monoisotopic (exact) mass is 270 g/mol. The fraction of sp³-hybridized carbons (Fsp3) is 1.00. The molecular formula is C11H21F3N2S. The van der Waals surface area contributed by atoms with Gasteiger partial charge in [0.2, 0.25) is 0 Å². The van der Waals surface area contributed by atoms with Gasteiger partial charge in [-0.2, -0.15) is 13.2 Å². The van der Waals surface area contributed by atoms with Crippen LogP contribution in [0.15, 0.2) is 0 Å². The number of halogens is 3. The SMILES string of the molecule is CCN(CCSC(F)(F)F)C1CCCC1CN. The van der Waals surface area contributed by atoms with Gasteiger partial charge in [-0.05, 0) is 43.6 Å². The third kappa shape index (κ3) is 5.06. The Morgan fingerprint density at radius 3 is 2.59 bits per heavy atom. The van der Waals surface area contributed by atoms with Crippen molar-refractivity contribution in [2.24, 2.45) is 11.7 Å². The highest BCUT2D eigenvalue weighted by Gasteiger charge is 2.32. The second kappa shape index (κ2) is 6.85. The maximum Gasteiger partial charge on any atom is 0.441 e. The minimum Gasteiger partial charge on any atom is -0.330 e. The van der Waals surface area contributed by atoms with Crippen molar-refractivity contribution < 1.29 is 13.2 Å². The smallest absolute Gasteiger partial charge is 0.330 e. The van der Waals surface area contributed by atoms with Crippen LogP contribution in [-0.4, -0.2) is 41.8 Å². The minimum absolute atomic E-state index is 0.0720. The highest BCUT2D eigenvalue weighted by molar-refractivity contribution is 8.00. The molecule has 2 nitrogen and oxygen atoms in total. The zero-order chi connectivity index (χ0) is 12.9. The number of nitrogens with two attached hydrogens (primary N) is 1. The predicted molar refractivity (Wildman–Crippen MR) is 65.9 cm³/mol. The van der Waals surface area contributed by atoms with Crippen molar-refractivity contribution in [2.75, 3.05) is 25.4 Å². The molecular weight excluding hydrogens is 249 g/mol. The molecule has 0 aromatic carbocycles. The number of hydrogen-bond acceptors (Lipinski definition) is 3. The Labute approximate surface area is 105 Å². The molecule has 17 heavy (non-hydrogen) atoms. The van der Waals surface area contributed by atoms with Crippen LogP contribution in [0, 0.1) is 5.92 Å². The molecule has 1 aliphatic rings. The quantitative estimate of drug-likeness (QED) is 0.804. The molecule has 1 rings (SSSR count). The molecule has 0 heterocycles. The van der Waals surface area contributed by atoms with E-state index < -0.39 is 5.51 Å². The summed E-state index contributed by atoms with van der Waals surface area (Å²) in [6.45, 7) is 3.96. The van der Waals surface area contributed by atoms with E-state index in [2.05, 4.69) is 4.90 Å². The highest BCUT2D eigenvalue weighted by Crippen LogP contribution is 2.32. The van der Waals surface area contributed by atoms with Crippen LogP contribution in [-0.2, 0) is 0 Å². The molecule has 0 saturated heterocycles. The zero-order valence-corrected chi connectivity index (χ0v) is 11.0. The van der Waals surface area contributed by atoms with Crippen molar-refractivity contribution in [1.82, 2.24) is 4.90 Å². The standard InChI is InChI=1S/C11H21F3N2S/c1-2-16(6-7-17-11(12,13)14)10-5-3-4-9(10)8-15/h9-10H,2-8,15H2,1H3. The lowest BCUT2D eigenvalue weighted by molar-refractivity contribution is -0.0329. The first-order valence-electron chi connectivity index (χ1n) is 6.12. The maximum absolute atomic E-state index is 12.1. The van der Waals surface area contributed by atoms with E-state index in [1.807, 2.05) is 6.92 Å². The fourth-order valence-corrected chi connectivity index (χ4v) is 3.17. The summed E-state index contributed by atoms with van der Waals surface area (Å²) in [5.41, 5.74) is 1.59. The van der Waals surface area contributed by atoms with Gasteiger partial charge in [-0.1, -0.05) is 13.3 Å². The van der Waals surface area contributed by atoms with Crippen molar-refractivity contribution in [1.29, 1.82) is 0 Å². The highest BCUT2D eigenvalue weighted by atomic mass is 32.2. The van der Waals surface area contributed by atoms with Crippen molar-refractivity contribution in [2.45, 2.75) is 37.7 Å². The van der Waals surface area contributed by atoms with Crippen LogP contribution in [0.2, 0.25) is 0 Å². The predicted octanol–water partition coefficient (Wildman–Crippen LogP) is 2.69. The number of hydrogen-bond donors (Lipinski definition) is 1. The Bertz CT molecular complexity index is 223. The Morgan fingerprint density at radius 2 is 2.06 bits per heavy atom. The second-order valence-electron chi connectivity index (χ2n) is 4.42. The lowest BCUT2D eigenvalue weighted by Crippen LogP contribution is -2.41. The van der Waals surface area contributed by atoms with Crippen LogP contribution in [0.5, 0.6) is 0 Å². The van der Waals surface area contributed by atoms with E-state index in [-0.39, 0.29) is 17.5 Å². The first-order chi connectivity index (χ1) is 7.98. The fourth-order valence-electron chi connectivity index (χ4n) is 2.61. The molecule has 0 bridgehead atoms. The summed E-state index contributed by atoms with van der Waals surface area (Å²) < 4.78 is 36.2. The number of nitrogens with zero attached hydrogens (tertiary/aromatic N) is 1. The molecule has 0 aliphatic heterocycles. The third-order valence-electron chi connectivity index (χ3n) is 3.44. The minimum atomic E-state index is -4.11. The van der Waals surface area contributed by atoms with Gasteiger partial charge in [0.05, 0.1) is 0 Å². The average Bonchev–Trinajstić information content (AvgIpc) is 2.70. The van der Waals surface area contributed by atoms with E-state index in [9.17, 15) is 13.2 Å². The van der Waals surface area contributed by atoms with Gasteiger partial charge in [0.15, 0.2) is 0 Å². The first kappa shape index (κ1) is 15.1. The molecule has 1 aliphatic carbocycles. The van der Waals surface area contributed by atoms with Gasteiger partial charge in [0.25, 0.3) is 0 Å². The van der Waals surface area contributed by atoms with Crippen molar-refractivity contribution in [3.63, 3.8) is 0 Å².